The van der Waals surface area contributed by atoms with Crippen LogP contribution in [0.1, 0.15) is 29.2 Å². The van der Waals surface area contributed by atoms with Gasteiger partial charge in [-0.25, -0.2) is 0 Å². The van der Waals surface area contributed by atoms with Crippen LogP contribution in [0.3, 0.4) is 0 Å². The molecule has 0 fully saturated rings. The van der Waals surface area contributed by atoms with Gasteiger partial charge in [-0.05, 0) is 28.8 Å². The van der Waals surface area contributed by atoms with Crippen molar-refractivity contribution in [3.63, 3.8) is 0 Å². The molecule has 6 nitrogen and oxygen atoms in total. The molecule has 144 valence electrons. The van der Waals surface area contributed by atoms with Crippen molar-refractivity contribution < 1.29 is 0 Å². The van der Waals surface area contributed by atoms with Gasteiger partial charge in [-0.3, -0.25) is 5.01 Å². The molecular formula is C23H22N6. The molecule has 29 heavy (non-hydrogen) atoms. The maximum absolute atomic E-state index is 5.29. The number of nitrogens with two attached hydrogens (primary N) is 2. The van der Waals surface area contributed by atoms with E-state index in [1.165, 1.54) is 5.56 Å². The largest absolute Gasteiger partial charge is 0.369 e. The van der Waals surface area contributed by atoms with Crippen LogP contribution in [-0.2, 0) is 0 Å². The summed E-state index contributed by atoms with van der Waals surface area (Å²) in [7, 11) is 0. The van der Waals surface area contributed by atoms with Crippen molar-refractivity contribution in [2.75, 3.05) is 5.01 Å². The van der Waals surface area contributed by atoms with Crippen LogP contribution < -0.4 is 16.5 Å². The van der Waals surface area contributed by atoms with Crippen LogP contribution >= 0.6 is 0 Å². The molecule has 0 amide bonds. The highest BCUT2D eigenvalue weighted by Crippen LogP contribution is 2.36. The number of benzene rings is 3. The molecule has 0 aromatic heterocycles. The highest BCUT2D eigenvalue weighted by Gasteiger charge is 2.29. The lowest BCUT2D eigenvalue weighted by Gasteiger charge is -2.24. The predicted octanol–water partition coefficient (Wildman–Crippen LogP) is 3.65. The van der Waals surface area contributed by atoms with Crippen LogP contribution in [0.4, 0.5) is 5.69 Å². The van der Waals surface area contributed by atoms with E-state index in [0.717, 1.165) is 28.9 Å². The first-order valence-electron chi connectivity index (χ1n) is 9.40. The Balaban J connectivity index is 1.65. The smallest absolute Gasteiger partial charge is 0.211 e. The maximum Gasteiger partial charge on any atom is 0.211 e. The highest BCUT2D eigenvalue weighted by atomic mass is 15.5. The Bertz CT molecular complexity index is 1040. The fraction of sp³-hybridized carbons (Fsp3) is 0.0870. The van der Waals surface area contributed by atoms with Gasteiger partial charge in [0.2, 0.25) is 5.96 Å². The van der Waals surface area contributed by atoms with Crippen LogP contribution in [0.5, 0.6) is 0 Å². The fourth-order valence-electron chi connectivity index (χ4n) is 3.36. The standard InChI is InChI=1S/C23H22N6/c24-23(25)27-26-16-17-11-13-20(14-12-17)29-22(19-9-5-2-6-10-19)15-21(28-29)18-7-3-1-4-8-18/h1-14,16,22H,15H2,(H4,24,25,27). The van der Waals surface area contributed by atoms with Gasteiger partial charge in [0.1, 0.15) is 0 Å². The lowest BCUT2D eigenvalue weighted by molar-refractivity contribution is 0.709. The number of hydrogen-bond acceptors (Lipinski definition) is 4. The van der Waals surface area contributed by atoms with E-state index in [1.807, 2.05) is 48.5 Å². The van der Waals surface area contributed by atoms with Crippen LogP contribution in [0.2, 0.25) is 0 Å². The topological polar surface area (TPSA) is 92.4 Å². The Hall–Kier alpha value is -3.93. The lowest BCUT2D eigenvalue weighted by Crippen LogP contribution is -2.21. The third kappa shape index (κ3) is 4.32. The van der Waals surface area contributed by atoms with Crippen molar-refractivity contribution in [1.82, 2.24) is 0 Å². The van der Waals surface area contributed by atoms with Crippen LogP contribution in [0.15, 0.2) is 100 Å². The van der Waals surface area contributed by atoms with E-state index in [-0.39, 0.29) is 12.0 Å². The SMILES string of the molecule is NC(N)=NN=Cc1ccc(N2N=C(c3ccccc3)CC2c2ccccc2)cc1. The molecule has 3 aromatic rings. The Kier molecular flexibility index (Phi) is 5.33. The molecule has 0 spiro atoms. The molecule has 6 heteroatoms. The number of rotatable bonds is 5. The second-order valence-electron chi connectivity index (χ2n) is 6.75. The Morgan fingerprint density at radius 3 is 2.21 bits per heavy atom. The molecular weight excluding hydrogens is 360 g/mol. The molecule has 0 bridgehead atoms. The first-order chi connectivity index (χ1) is 14.2. The average Bonchev–Trinajstić information content (AvgIpc) is 3.21. The summed E-state index contributed by atoms with van der Waals surface area (Å²) in [4.78, 5) is 0. The normalized spacial score (nSPS) is 16.1. The lowest BCUT2D eigenvalue weighted by atomic mass is 9.98. The fourth-order valence-corrected chi connectivity index (χ4v) is 3.36. The van der Waals surface area contributed by atoms with E-state index in [1.54, 1.807) is 6.21 Å². The molecule has 1 atom stereocenters. The molecule has 1 unspecified atom stereocenters. The van der Waals surface area contributed by atoms with Gasteiger partial charge in [0, 0.05) is 6.42 Å². The van der Waals surface area contributed by atoms with Crippen molar-refractivity contribution in [3.8, 4) is 0 Å². The zero-order valence-electron chi connectivity index (χ0n) is 15.9. The second kappa shape index (κ2) is 8.39. The summed E-state index contributed by atoms with van der Waals surface area (Å²) in [5, 5.41) is 14.5. The number of hydrogen-bond donors (Lipinski definition) is 2. The molecule has 1 heterocycles. The van der Waals surface area contributed by atoms with E-state index < -0.39 is 0 Å². The van der Waals surface area contributed by atoms with Gasteiger partial charge in [-0.2, -0.15) is 10.2 Å². The first kappa shape index (κ1) is 18.4. The van der Waals surface area contributed by atoms with Crippen LogP contribution in [0, 0.1) is 0 Å². The van der Waals surface area contributed by atoms with Crippen LogP contribution in [0.25, 0.3) is 0 Å². The third-order valence-electron chi connectivity index (χ3n) is 4.74. The number of anilines is 1. The molecule has 1 aliphatic heterocycles. The minimum Gasteiger partial charge on any atom is -0.369 e. The average molecular weight is 382 g/mol. The summed E-state index contributed by atoms with van der Waals surface area (Å²) in [6.45, 7) is 0. The number of nitrogens with zero attached hydrogens (tertiary/aromatic N) is 4. The van der Waals surface area contributed by atoms with Gasteiger partial charge in [0.05, 0.1) is 23.7 Å². The Labute approximate surface area is 169 Å². The Morgan fingerprint density at radius 1 is 0.897 bits per heavy atom. The van der Waals surface area contributed by atoms with E-state index in [2.05, 4.69) is 51.6 Å². The van der Waals surface area contributed by atoms with Crippen molar-refractivity contribution in [2.45, 2.75) is 12.5 Å². The van der Waals surface area contributed by atoms with Gasteiger partial charge < -0.3 is 11.5 Å². The van der Waals surface area contributed by atoms with Crippen molar-refractivity contribution >= 4 is 23.6 Å². The number of hydrazone groups is 1. The van der Waals surface area contributed by atoms with Gasteiger partial charge >= 0.3 is 0 Å². The van der Waals surface area contributed by atoms with E-state index >= 15 is 0 Å². The number of guanidine groups is 1. The second-order valence-corrected chi connectivity index (χ2v) is 6.75. The van der Waals surface area contributed by atoms with Gasteiger partial charge in [-0.1, -0.05) is 72.8 Å². The minimum absolute atomic E-state index is 0.0663. The van der Waals surface area contributed by atoms with E-state index in [9.17, 15) is 0 Å². The Morgan fingerprint density at radius 2 is 1.55 bits per heavy atom. The molecule has 0 radical (unpaired) electrons. The summed E-state index contributed by atoms with van der Waals surface area (Å²) in [6, 6.07) is 28.9. The minimum atomic E-state index is -0.0663. The first-order valence-corrected chi connectivity index (χ1v) is 9.40. The van der Waals surface area contributed by atoms with Gasteiger partial charge in [-0.15, -0.1) is 5.10 Å². The highest BCUT2D eigenvalue weighted by molar-refractivity contribution is 6.03. The summed E-state index contributed by atoms with van der Waals surface area (Å²) >= 11 is 0. The zero-order chi connectivity index (χ0) is 20.1. The van der Waals surface area contributed by atoms with Gasteiger partial charge in [0.25, 0.3) is 0 Å². The molecule has 1 aliphatic rings. The quantitative estimate of drug-likeness (QED) is 0.401. The van der Waals surface area contributed by atoms with E-state index in [0.29, 0.717) is 0 Å². The monoisotopic (exact) mass is 382 g/mol. The van der Waals surface area contributed by atoms with Crippen molar-refractivity contribution in [1.29, 1.82) is 0 Å². The third-order valence-corrected chi connectivity index (χ3v) is 4.74. The van der Waals surface area contributed by atoms with Crippen molar-refractivity contribution in [2.24, 2.45) is 26.8 Å². The molecule has 4 rings (SSSR count). The zero-order valence-corrected chi connectivity index (χ0v) is 15.9. The molecule has 3 aromatic carbocycles. The molecule has 0 aliphatic carbocycles. The summed E-state index contributed by atoms with van der Waals surface area (Å²) in [5.74, 6) is -0.0663. The molecule has 0 saturated carbocycles. The van der Waals surface area contributed by atoms with E-state index in [4.69, 9.17) is 16.6 Å². The summed E-state index contributed by atoms with van der Waals surface area (Å²) in [6.07, 6.45) is 2.46. The summed E-state index contributed by atoms with van der Waals surface area (Å²) in [5.41, 5.74) is 16.0. The maximum atomic E-state index is 5.29. The predicted molar refractivity (Wildman–Crippen MR) is 119 cm³/mol. The molecule has 4 N–H and O–H groups in total. The van der Waals surface area contributed by atoms with Crippen LogP contribution in [-0.4, -0.2) is 17.9 Å². The molecule has 0 saturated heterocycles. The van der Waals surface area contributed by atoms with Gasteiger partial charge in [0.15, 0.2) is 0 Å². The van der Waals surface area contributed by atoms with Crippen molar-refractivity contribution in [3.05, 3.63) is 102 Å². The summed E-state index contributed by atoms with van der Waals surface area (Å²) < 4.78 is 0.